The molecule has 1 amide bonds. The summed E-state index contributed by atoms with van der Waals surface area (Å²) in [6, 6.07) is 19.2. The summed E-state index contributed by atoms with van der Waals surface area (Å²) in [5.74, 6) is -0.0602. The zero-order valence-electron chi connectivity index (χ0n) is 22.8. The van der Waals surface area contributed by atoms with E-state index in [1.54, 1.807) is 12.3 Å². The molecule has 5 rings (SSSR count). The van der Waals surface area contributed by atoms with Crippen LogP contribution >= 0.6 is 35.4 Å². The number of nitrogens with one attached hydrogen (secondary N) is 2. The Morgan fingerprint density at radius 3 is 2.58 bits per heavy atom. The van der Waals surface area contributed by atoms with Crippen LogP contribution in [0.25, 0.3) is 5.69 Å². The van der Waals surface area contributed by atoms with Crippen molar-refractivity contribution >= 4 is 52.1 Å². The van der Waals surface area contributed by atoms with Crippen molar-refractivity contribution in [2.45, 2.75) is 46.2 Å². The number of nitrogens with zero attached hydrogens (tertiary/aromatic N) is 3. The van der Waals surface area contributed by atoms with Crippen LogP contribution in [-0.2, 0) is 4.79 Å². The minimum atomic E-state index is -0.189. The third kappa shape index (κ3) is 5.59. The van der Waals surface area contributed by atoms with Crippen molar-refractivity contribution < 1.29 is 4.79 Å². The van der Waals surface area contributed by atoms with Gasteiger partial charge in [-0.05, 0) is 99.1 Å². The Morgan fingerprint density at radius 2 is 1.85 bits per heavy atom. The number of thiocarbonyl (C=S) groups is 1. The van der Waals surface area contributed by atoms with Gasteiger partial charge in [-0.1, -0.05) is 41.4 Å². The molecule has 0 saturated carbocycles. The van der Waals surface area contributed by atoms with Crippen LogP contribution in [0.4, 0.5) is 5.69 Å². The molecule has 3 heterocycles. The van der Waals surface area contributed by atoms with Gasteiger partial charge < -0.3 is 20.1 Å². The fourth-order valence-electron chi connectivity index (χ4n) is 5.41. The number of halogens is 2. The van der Waals surface area contributed by atoms with E-state index in [9.17, 15) is 4.79 Å². The SMILES string of the molecule is Cc1ccc(C)c(NC(=O)CCN2C(=S)N[C@@H](c3ccccn3)[C@H]2c2cc(C)n(-c3ccc(Cl)cc3Cl)c2C)c1. The fraction of sp³-hybridized carbons (Fsp3) is 0.258. The number of carbonyl (C=O) groups excluding carboxylic acids is 1. The summed E-state index contributed by atoms with van der Waals surface area (Å²) in [5.41, 5.74) is 7.84. The summed E-state index contributed by atoms with van der Waals surface area (Å²) >= 11 is 18.6. The van der Waals surface area contributed by atoms with Crippen LogP contribution in [0.15, 0.2) is 66.9 Å². The lowest BCUT2D eigenvalue weighted by Gasteiger charge is -2.28. The highest BCUT2D eigenvalue weighted by Gasteiger charge is 2.41. The van der Waals surface area contributed by atoms with Crippen LogP contribution in [0.3, 0.4) is 0 Å². The topological polar surface area (TPSA) is 62.2 Å². The maximum atomic E-state index is 13.1. The number of hydrogen-bond donors (Lipinski definition) is 2. The molecule has 0 spiro atoms. The largest absolute Gasteiger partial charge is 0.352 e. The van der Waals surface area contributed by atoms with Crippen LogP contribution < -0.4 is 10.6 Å². The van der Waals surface area contributed by atoms with E-state index in [4.69, 9.17) is 35.4 Å². The van der Waals surface area contributed by atoms with E-state index in [0.29, 0.717) is 21.7 Å². The Kier molecular flexibility index (Phi) is 8.17. The number of rotatable bonds is 7. The van der Waals surface area contributed by atoms with Gasteiger partial charge in [-0.25, -0.2) is 0 Å². The van der Waals surface area contributed by atoms with E-state index in [2.05, 4.69) is 45.0 Å². The molecular weight excluding hydrogens is 561 g/mol. The molecule has 2 aromatic carbocycles. The molecular formula is C31H31Cl2N5OS. The summed E-state index contributed by atoms with van der Waals surface area (Å²) in [6.07, 6.45) is 2.07. The molecule has 40 heavy (non-hydrogen) atoms. The average Bonchev–Trinajstić information content (AvgIpc) is 3.40. The molecule has 0 radical (unpaired) electrons. The molecule has 0 aliphatic carbocycles. The number of hydrogen-bond acceptors (Lipinski definition) is 3. The Labute approximate surface area is 250 Å². The molecule has 0 bridgehead atoms. The molecule has 1 fully saturated rings. The standard InChI is InChI=1S/C31H31Cl2N5OS/c1-18-8-9-19(2)26(15-18)35-28(39)12-14-37-30(29(36-31(37)40)25-7-5-6-13-34-25)23-16-20(3)38(21(23)4)27-11-10-22(32)17-24(27)33/h5-11,13,15-17,29-30H,12,14H2,1-4H3,(H,35,39)(H,36,40)/t29-,30+/m0/s1. The average molecular weight is 593 g/mol. The molecule has 6 nitrogen and oxygen atoms in total. The highest BCUT2D eigenvalue weighted by molar-refractivity contribution is 7.80. The number of amides is 1. The lowest BCUT2D eigenvalue weighted by molar-refractivity contribution is -0.116. The summed E-state index contributed by atoms with van der Waals surface area (Å²) < 4.78 is 2.14. The van der Waals surface area contributed by atoms with Crippen molar-refractivity contribution in [1.82, 2.24) is 19.8 Å². The van der Waals surface area contributed by atoms with Gasteiger partial charge in [-0.15, -0.1) is 0 Å². The van der Waals surface area contributed by atoms with Crippen molar-refractivity contribution in [2.24, 2.45) is 0 Å². The highest BCUT2D eigenvalue weighted by Crippen LogP contribution is 2.42. The Morgan fingerprint density at radius 1 is 1.05 bits per heavy atom. The van der Waals surface area contributed by atoms with E-state index < -0.39 is 0 Å². The Balaban J connectivity index is 1.48. The van der Waals surface area contributed by atoms with Crippen molar-refractivity contribution in [2.75, 3.05) is 11.9 Å². The second-order valence-corrected chi connectivity index (χ2v) is 11.4. The lowest BCUT2D eigenvalue weighted by Crippen LogP contribution is -2.33. The van der Waals surface area contributed by atoms with E-state index in [-0.39, 0.29) is 24.4 Å². The molecule has 4 aromatic rings. The number of benzene rings is 2. The van der Waals surface area contributed by atoms with Crippen LogP contribution in [0.1, 0.15) is 52.3 Å². The smallest absolute Gasteiger partial charge is 0.226 e. The second-order valence-electron chi connectivity index (χ2n) is 10.2. The van der Waals surface area contributed by atoms with Gasteiger partial charge in [-0.3, -0.25) is 9.78 Å². The van der Waals surface area contributed by atoms with Crippen LogP contribution in [0.2, 0.25) is 10.0 Å². The minimum absolute atomic E-state index is 0.0602. The first-order valence-electron chi connectivity index (χ1n) is 13.1. The maximum Gasteiger partial charge on any atom is 0.226 e. The van der Waals surface area contributed by atoms with Gasteiger partial charge >= 0.3 is 0 Å². The number of carbonyl (C=O) groups is 1. The lowest BCUT2D eigenvalue weighted by atomic mass is 9.96. The Hall–Kier alpha value is -3.39. The molecule has 206 valence electrons. The van der Waals surface area contributed by atoms with Gasteiger partial charge in [0.15, 0.2) is 5.11 Å². The number of anilines is 1. The van der Waals surface area contributed by atoms with Crippen LogP contribution in [0.5, 0.6) is 0 Å². The number of aromatic nitrogens is 2. The van der Waals surface area contributed by atoms with Crippen molar-refractivity contribution in [3.8, 4) is 5.69 Å². The van der Waals surface area contributed by atoms with Crippen molar-refractivity contribution in [1.29, 1.82) is 0 Å². The molecule has 2 atom stereocenters. The van der Waals surface area contributed by atoms with Crippen LogP contribution in [-0.4, -0.2) is 32.0 Å². The molecule has 1 aliphatic rings. The van der Waals surface area contributed by atoms with E-state index >= 15 is 0 Å². The molecule has 1 saturated heterocycles. The van der Waals surface area contributed by atoms with Crippen LogP contribution in [0, 0.1) is 27.7 Å². The first-order valence-corrected chi connectivity index (χ1v) is 14.3. The zero-order chi connectivity index (χ0) is 28.6. The predicted octanol–water partition coefficient (Wildman–Crippen LogP) is 7.41. The molecule has 1 aliphatic heterocycles. The summed E-state index contributed by atoms with van der Waals surface area (Å²) in [4.78, 5) is 19.8. The van der Waals surface area contributed by atoms with Gasteiger partial charge in [0, 0.05) is 41.3 Å². The first kappa shape index (κ1) is 28.1. The first-order chi connectivity index (χ1) is 19.1. The summed E-state index contributed by atoms with van der Waals surface area (Å²) in [7, 11) is 0. The third-order valence-corrected chi connectivity index (χ3v) is 8.27. The quantitative estimate of drug-likeness (QED) is 0.219. The summed E-state index contributed by atoms with van der Waals surface area (Å²) in [6.45, 7) is 8.58. The van der Waals surface area contributed by atoms with E-state index in [1.165, 1.54) is 0 Å². The summed E-state index contributed by atoms with van der Waals surface area (Å²) in [5, 5.41) is 8.31. The normalized spacial score (nSPS) is 16.8. The number of pyridine rings is 1. The fourth-order valence-corrected chi connectivity index (χ4v) is 6.24. The highest BCUT2D eigenvalue weighted by atomic mass is 35.5. The van der Waals surface area contributed by atoms with Gasteiger partial charge in [-0.2, -0.15) is 0 Å². The zero-order valence-corrected chi connectivity index (χ0v) is 25.2. The van der Waals surface area contributed by atoms with Crippen molar-refractivity contribution in [3.05, 3.63) is 111 Å². The van der Waals surface area contributed by atoms with Gasteiger partial charge in [0.25, 0.3) is 0 Å². The minimum Gasteiger partial charge on any atom is -0.352 e. The van der Waals surface area contributed by atoms with Crippen molar-refractivity contribution in [3.63, 3.8) is 0 Å². The Bertz CT molecular complexity index is 1590. The maximum absolute atomic E-state index is 13.1. The van der Waals surface area contributed by atoms with Gasteiger partial charge in [0.05, 0.1) is 28.5 Å². The van der Waals surface area contributed by atoms with E-state index in [0.717, 1.165) is 45.1 Å². The monoisotopic (exact) mass is 591 g/mol. The number of aryl methyl sites for hydroxylation is 3. The van der Waals surface area contributed by atoms with E-state index in [1.807, 2.05) is 62.4 Å². The molecule has 0 unspecified atom stereocenters. The second kappa shape index (κ2) is 11.6. The molecule has 9 heteroatoms. The molecule has 2 N–H and O–H groups in total. The molecule has 2 aromatic heterocycles. The van der Waals surface area contributed by atoms with Gasteiger partial charge in [0.2, 0.25) is 5.91 Å². The van der Waals surface area contributed by atoms with Gasteiger partial charge in [0.1, 0.15) is 0 Å². The predicted molar refractivity (Wildman–Crippen MR) is 167 cm³/mol. The third-order valence-electron chi connectivity index (χ3n) is 7.38.